The number of aryl methyl sites for hydroxylation is 2. The molecule has 6 heteroatoms. The number of para-hydroxylation sites is 1. The second-order valence-corrected chi connectivity index (χ2v) is 6.32. The fraction of sp³-hybridized carbons (Fsp3) is 0.474. The number of urea groups is 1. The van der Waals surface area contributed by atoms with E-state index >= 15 is 0 Å². The lowest BCUT2D eigenvalue weighted by Gasteiger charge is -2.13. The predicted molar refractivity (Wildman–Crippen MR) is 96.8 cm³/mol. The fourth-order valence-electron chi connectivity index (χ4n) is 3.40. The van der Waals surface area contributed by atoms with E-state index < -0.39 is 0 Å². The molecule has 1 atom stereocenters. The van der Waals surface area contributed by atoms with Gasteiger partial charge in [-0.05, 0) is 24.5 Å². The molecule has 1 aliphatic heterocycles. The molecule has 1 aliphatic rings. The van der Waals surface area contributed by atoms with Gasteiger partial charge in [0.2, 0.25) is 0 Å². The van der Waals surface area contributed by atoms with E-state index in [1.165, 1.54) is 11.3 Å². The number of nitrogens with zero attached hydrogens (tertiary/aromatic N) is 2. The standard InChI is InChI=1S/C19H26N4O2/c1-4-16-15(17(5-2)23(3)22-16)12-21-19(24)20-11-14-10-13-8-6-7-9-18(13)25-14/h6-9,14H,4-5,10-12H2,1-3H3,(H2,20,21,24)/t14-/m0/s1. The highest BCUT2D eigenvalue weighted by atomic mass is 16.5. The number of rotatable bonds is 6. The number of amides is 2. The lowest BCUT2D eigenvalue weighted by molar-refractivity contribution is 0.213. The Morgan fingerprint density at radius 3 is 2.80 bits per heavy atom. The summed E-state index contributed by atoms with van der Waals surface area (Å²) in [5, 5.41) is 10.4. The molecule has 2 aromatic rings. The summed E-state index contributed by atoms with van der Waals surface area (Å²) in [6.45, 7) is 5.18. The highest BCUT2D eigenvalue weighted by Gasteiger charge is 2.22. The van der Waals surface area contributed by atoms with E-state index in [1.807, 2.05) is 29.9 Å². The molecule has 1 aromatic heterocycles. The molecule has 0 unspecified atom stereocenters. The SMILES string of the molecule is CCc1nn(C)c(CC)c1CNC(=O)NC[C@@H]1Cc2ccccc2O1. The molecule has 3 rings (SSSR count). The Morgan fingerprint density at radius 2 is 2.08 bits per heavy atom. The second-order valence-electron chi connectivity index (χ2n) is 6.32. The van der Waals surface area contributed by atoms with Crippen molar-refractivity contribution in [3.63, 3.8) is 0 Å². The van der Waals surface area contributed by atoms with Gasteiger partial charge in [-0.3, -0.25) is 4.68 Å². The van der Waals surface area contributed by atoms with E-state index in [-0.39, 0.29) is 12.1 Å². The molecule has 25 heavy (non-hydrogen) atoms. The van der Waals surface area contributed by atoms with Crippen molar-refractivity contribution >= 4 is 6.03 Å². The Balaban J connectivity index is 1.50. The zero-order chi connectivity index (χ0) is 17.8. The maximum atomic E-state index is 12.1. The summed E-state index contributed by atoms with van der Waals surface area (Å²) in [7, 11) is 1.96. The first-order chi connectivity index (χ1) is 12.1. The van der Waals surface area contributed by atoms with Gasteiger partial charge in [0.15, 0.2) is 0 Å². The molecule has 0 bridgehead atoms. The van der Waals surface area contributed by atoms with Gasteiger partial charge in [-0.25, -0.2) is 4.79 Å². The van der Waals surface area contributed by atoms with Crippen molar-refractivity contribution in [2.45, 2.75) is 45.8 Å². The van der Waals surface area contributed by atoms with E-state index in [1.54, 1.807) is 0 Å². The summed E-state index contributed by atoms with van der Waals surface area (Å²) in [5.41, 5.74) is 4.55. The molecule has 6 nitrogen and oxygen atoms in total. The number of carbonyl (C=O) groups excluding carboxylic acids is 1. The maximum Gasteiger partial charge on any atom is 0.315 e. The summed E-state index contributed by atoms with van der Waals surface area (Å²) in [6.07, 6.45) is 2.59. The van der Waals surface area contributed by atoms with Gasteiger partial charge < -0.3 is 15.4 Å². The van der Waals surface area contributed by atoms with Crippen LogP contribution < -0.4 is 15.4 Å². The molecule has 0 saturated heterocycles. The van der Waals surface area contributed by atoms with Crippen LogP contribution in [0.15, 0.2) is 24.3 Å². The number of aromatic nitrogens is 2. The third-order valence-corrected chi connectivity index (χ3v) is 4.66. The average molecular weight is 342 g/mol. The quantitative estimate of drug-likeness (QED) is 0.847. The molecule has 134 valence electrons. The van der Waals surface area contributed by atoms with Crippen LogP contribution in [0.4, 0.5) is 4.79 Å². The fourth-order valence-corrected chi connectivity index (χ4v) is 3.40. The number of hydrogen-bond acceptors (Lipinski definition) is 3. The van der Waals surface area contributed by atoms with Crippen molar-refractivity contribution in [1.82, 2.24) is 20.4 Å². The second kappa shape index (κ2) is 7.59. The summed E-state index contributed by atoms with van der Waals surface area (Å²) in [4.78, 5) is 12.1. The van der Waals surface area contributed by atoms with Crippen LogP contribution in [0.3, 0.4) is 0 Å². The Bertz CT molecular complexity index is 729. The molecule has 1 aromatic carbocycles. The first-order valence-electron chi connectivity index (χ1n) is 8.92. The summed E-state index contributed by atoms with van der Waals surface area (Å²) >= 11 is 0. The number of ether oxygens (including phenoxy) is 1. The number of carbonyl (C=O) groups is 1. The van der Waals surface area contributed by atoms with Crippen LogP contribution in [0.1, 0.15) is 36.4 Å². The third kappa shape index (κ3) is 3.78. The van der Waals surface area contributed by atoms with Gasteiger partial charge in [0.1, 0.15) is 11.9 Å². The van der Waals surface area contributed by atoms with Crippen molar-refractivity contribution in [2.24, 2.45) is 7.05 Å². The van der Waals surface area contributed by atoms with Gasteiger partial charge in [-0.15, -0.1) is 0 Å². The van der Waals surface area contributed by atoms with E-state index in [0.29, 0.717) is 13.1 Å². The topological polar surface area (TPSA) is 68.2 Å². The molecule has 2 heterocycles. The lowest BCUT2D eigenvalue weighted by Crippen LogP contribution is -2.40. The van der Waals surface area contributed by atoms with Crippen LogP contribution >= 0.6 is 0 Å². The minimum atomic E-state index is -0.174. The normalized spacial score (nSPS) is 15.6. The highest BCUT2D eigenvalue weighted by Crippen LogP contribution is 2.27. The first kappa shape index (κ1) is 17.3. The smallest absolute Gasteiger partial charge is 0.315 e. The third-order valence-electron chi connectivity index (χ3n) is 4.66. The van der Waals surface area contributed by atoms with Gasteiger partial charge in [-0.1, -0.05) is 32.0 Å². The largest absolute Gasteiger partial charge is 0.488 e. The molecule has 0 fully saturated rings. The predicted octanol–water partition coefficient (Wildman–Crippen LogP) is 2.35. The minimum Gasteiger partial charge on any atom is -0.488 e. The maximum absolute atomic E-state index is 12.1. The van der Waals surface area contributed by atoms with Gasteiger partial charge in [-0.2, -0.15) is 5.10 Å². The van der Waals surface area contributed by atoms with Crippen LogP contribution in [-0.4, -0.2) is 28.5 Å². The Hall–Kier alpha value is -2.50. The Morgan fingerprint density at radius 1 is 1.28 bits per heavy atom. The first-order valence-corrected chi connectivity index (χ1v) is 8.92. The van der Waals surface area contributed by atoms with E-state index in [4.69, 9.17) is 4.74 Å². The molecule has 0 radical (unpaired) electrons. The van der Waals surface area contributed by atoms with Gasteiger partial charge >= 0.3 is 6.03 Å². The average Bonchev–Trinajstić information content (AvgIpc) is 3.17. The van der Waals surface area contributed by atoms with Gasteiger partial charge in [0.05, 0.1) is 12.2 Å². The monoisotopic (exact) mass is 342 g/mol. The Kier molecular flexibility index (Phi) is 5.26. The van der Waals surface area contributed by atoms with Crippen molar-refractivity contribution < 1.29 is 9.53 Å². The van der Waals surface area contributed by atoms with E-state index in [9.17, 15) is 4.79 Å². The van der Waals surface area contributed by atoms with Crippen LogP contribution in [0.25, 0.3) is 0 Å². The zero-order valence-electron chi connectivity index (χ0n) is 15.1. The molecule has 2 amide bonds. The number of benzene rings is 1. The molecule has 0 saturated carbocycles. The van der Waals surface area contributed by atoms with Crippen molar-refractivity contribution in [1.29, 1.82) is 0 Å². The van der Waals surface area contributed by atoms with Crippen LogP contribution in [0.5, 0.6) is 5.75 Å². The number of hydrogen-bond donors (Lipinski definition) is 2. The molecule has 2 N–H and O–H groups in total. The van der Waals surface area contributed by atoms with Crippen LogP contribution in [-0.2, 0) is 32.9 Å². The molecule has 0 spiro atoms. The molecule has 0 aliphatic carbocycles. The minimum absolute atomic E-state index is 0.000975. The van der Waals surface area contributed by atoms with Crippen LogP contribution in [0, 0.1) is 0 Å². The number of nitrogens with one attached hydrogen (secondary N) is 2. The zero-order valence-corrected chi connectivity index (χ0v) is 15.1. The summed E-state index contributed by atoms with van der Waals surface area (Å²) in [5.74, 6) is 0.922. The van der Waals surface area contributed by atoms with Crippen molar-refractivity contribution in [2.75, 3.05) is 6.54 Å². The summed E-state index contributed by atoms with van der Waals surface area (Å²) in [6, 6.07) is 7.83. The van der Waals surface area contributed by atoms with Gasteiger partial charge in [0.25, 0.3) is 0 Å². The van der Waals surface area contributed by atoms with Crippen molar-refractivity contribution in [3.8, 4) is 5.75 Å². The van der Waals surface area contributed by atoms with Crippen molar-refractivity contribution in [3.05, 3.63) is 46.8 Å². The lowest BCUT2D eigenvalue weighted by atomic mass is 10.1. The van der Waals surface area contributed by atoms with Crippen LogP contribution in [0.2, 0.25) is 0 Å². The van der Waals surface area contributed by atoms with E-state index in [2.05, 4.69) is 35.6 Å². The van der Waals surface area contributed by atoms with Gasteiger partial charge in [0, 0.05) is 31.3 Å². The van der Waals surface area contributed by atoms with E-state index in [0.717, 1.165) is 36.3 Å². The molecular weight excluding hydrogens is 316 g/mol. The summed E-state index contributed by atoms with van der Waals surface area (Å²) < 4.78 is 7.75. The molecular formula is C19H26N4O2. The Labute approximate surface area is 148 Å². The number of fused-ring (bicyclic) bond motifs is 1. The highest BCUT2D eigenvalue weighted by molar-refractivity contribution is 5.73.